The van der Waals surface area contributed by atoms with Crippen molar-refractivity contribution in [2.24, 2.45) is 11.5 Å². The summed E-state index contributed by atoms with van der Waals surface area (Å²) in [5.41, 5.74) is 12.5. The molecule has 14 nitrogen and oxygen atoms in total. The number of aromatic nitrogens is 1. The van der Waals surface area contributed by atoms with Crippen molar-refractivity contribution in [1.29, 1.82) is 0 Å². The largest absolute Gasteiger partial charge is 0.481 e. The molecule has 4 amide bonds. The van der Waals surface area contributed by atoms with Gasteiger partial charge in [-0.2, -0.15) is 0 Å². The van der Waals surface area contributed by atoms with Crippen molar-refractivity contribution in [3.05, 3.63) is 36.0 Å². The molecule has 1 aliphatic heterocycles. The molecule has 1 aliphatic rings. The van der Waals surface area contributed by atoms with Crippen molar-refractivity contribution in [2.45, 2.75) is 62.7 Å². The van der Waals surface area contributed by atoms with Crippen LogP contribution in [0.15, 0.2) is 30.5 Å². The molecule has 1 aromatic carbocycles. The number of para-hydroxylation sites is 1. The van der Waals surface area contributed by atoms with Gasteiger partial charge < -0.3 is 42.2 Å². The summed E-state index contributed by atoms with van der Waals surface area (Å²) in [6.07, 6.45) is 1.22. The summed E-state index contributed by atoms with van der Waals surface area (Å²) in [6.45, 7) is 0.178. The third kappa shape index (κ3) is 7.54. The number of rotatable bonds is 13. The maximum atomic E-state index is 13.7. The molecule has 3 rings (SSSR count). The van der Waals surface area contributed by atoms with Gasteiger partial charge in [0.05, 0.1) is 12.5 Å². The normalized spacial score (nSPS) is 17.3. The van der Waals surface area contributed by atoms with E-state index in [1.165, 1.54) is 4.90 Å². The molecule has 4 atom stereocenters. The molecule has 2 heterocycles. The van der Waals surface area contributed by atoms with Crippen LogP contribution in [-0.2, 0) is 35.2 Å². The maximum Gasteiger partial charge on any atom is 0.326 e. The lowest BCUT2D eigenvalue weighted by Crippen LogP contribution is -2.57. The third-order valence-electron chi connectivity index (χ3n) is 6.57. The van der Waals surface area contributed by atoms with Crippen LogP contribution < -0.4 is 22.1 Å². The number of nitrogens with two attached hydrogens (primary N) is 2. The Kier molecular flexibility index (Phi) is 9.60. The van der Waals surface area contributed by atoms with Crippen molar-refractivity contribution in [3.8, 4) is 0 Å². The molecule has 1 aromatic heterocycles. The minimum atomic E-state index is -1.44. The van der Waals surface area contributed by atoms with Crippen LogP contribution in [-0.4, -0.2) is 86.4 Å². The Morgan fingerprint density at radius 2 is 1.79 bits per heavy atom. The number of hydrogen-bond donors (Lipinski definition) is 7. The average Bonchev–Trinajstić information content (AvgIpc) is 3.52. The van der Waals surface area contributed by atoms with Crippen LogP contribution in [0.3, 0.4) is 0 Å². The van der Waals surface area contributed by atoms with Crippen LogP contribution in [0.1, 0.15) is 37.7 Å². The minimum absolute atomic E-state index is 0.0408. The monoisotopic (exact) mass is 544 g/mol. The minimum Gasteiger partial charge on any atom is -0.481 e. The lowest BCUT2D eigenvalue weighted by molar-refractivity contribution is -0.145. The molecule has 9 N–H and O–H groups in total. The van der Waals surface area contributed by atoms with Crippen LogP contribution in [0.2, 0.25) is 0 Å². The molecule has 0 bridgehead atoms. The lowest BCUT2D eigenvalue weighted by atomic mass is 10.0. The number of benzene rings is 1. The summed E-state index contributed by atoms with van der Waals surface area (Å²) in [5, 5.41) is 24.0. The first-order chi connectivity index (χ1) is 18.5. The summed E-state index contributed by atoms with van der Waals surface area (Å²) in [4.78, 5) is 77.5. The van der Waals surface area contributed by atoms with E-state index in [2.05, 4.69) is 15.6 Å². The molecule has 0 saturated carbocycles. The Morgan fingerprint density at radius 1 is 1.08 bits per heavy atom. The van der Waals surface area contributed by atoms with Crippen LogP contribution in [0.4, 0.5) is 0 Å². The van der Waals surface area contributed by atoms with E-state index in [0.29, 0.717) is 12.0 Å². The van der Waals surface area contributed by atoms with E-state index >= 15 is 0 Å². The van der Waals surface area contributed by atoms with E-state index in [4.69, 9.17) is 16.6 Å². The molecule has 39 heavy (non-hydrogen) atoms. The van der Waals surface area contributed by atoms with Crippen LogP contribution in [0, 0.1) is 0 Å². The number of amides is 4. The van der Waals surface area contributed by atoms with Crippen LogP contribution in [0.25, 0.3) is 10.9 Å². The summed E-state index contributed by atoms with van der Waals surface area (Å²) in [7, 11) is 0. The van der Waals surface area contributed by atoms with Gasteiger partial charge in [-0.25, -0.2) is 4.79 Å². The van der Waals surface area contributed by atoms with Crippen molar-refractivity contribution in [1.82, 2.24) is 20.5 Å². The number of likely N-dealkylation sites (tertiary alicyclic amines) is 1. The van der Waals surface area contributed by atoms with Crippen LogP contribution >= 0.6 is 0 Å². The molecule has 0 radical (unpaired) electrons. The van der Waals surface area contributed by atoms with Gasteiger partial charge in [0.25, 0.3) is 0 Å². The van der Waals surface area contributed by atoms with E-state index in [9.17, 15) is 33.9 Å². The highest BCUT2D eigenvalue weighted by Gasteiger charge is 2.39. The fourth-order valence-electron chi connectivity index (χ4n) is 4.61. The number of primary amides is 1. The highest BCUT2D eigenvalue weighted by atomic mass is 16.4. The smallest absolute Gasteiger partial charge is 0.326 e. The predicted octanol–water partition coefficient (Wildman–Crippen LogP) is -1.18. The van der Waals surface area contributed by atoms with Gasteiger partial charge in [-0.15, -0.1) is 0 Å². The first kappa shape index (κ1) is 29.1. The number of nitrogens with zero attached hydrogens (tertiary/aromatic N) is 1. The molecule has 1 saturated heterocycles. The van der Waals surface area contributed by atoms with Gasteiger partial charge in [0, 0.05) is 36.5 Å². The second kappa shape index (κ2) is 12.9. The summed E-state index contributed by atoms with van der Waals surface area (Å²) < 4.78 is 0. The standard InChI is InChI=1S/C25H32N6O8/c26-15(11-20(27)32)22(35)30-18(10-13-12-28-16-5-2-1-4-14(13)16)24(37)31-9-3-6-19(31)23(36)29-17(25(38)39)7-8-21(33)34/h1-2,4-5,12,15,17-19,28H,3,6-11,26H2,(H2,27,32)(H,29,36)(H,30,35)(H,33,34)(H,38,39). The Hall–Kier alpha value is -4.46. The molecule has 2 aromatic rings. The number of nitrogens with one attached hydrogen (secondary N) is 3. The number of carboxylic acids is 2. The predicted molar refractivity (Wildman–Crippen MR) is 137 cm³/mol. The number of hydrogen-bond acceptors (Lipinski definition) is 7. The lowest BCUT2D eigenvalue weighted by Gasteiger charge is -2.30. The molecular formula is C25H32N6O8. The molecular weight excluding hydrogens is 512 g/mol. The van der Waals surface area contributed by atoms with Crippen LogP contribution in [0.5, 0.6) is 0 Å². The quantitative estimate of drug-likeness (QED) is 0.160. The zero-order chi connectivity index (χ0) is 28.7. The molecule has 0 spiro atoms. The first-order valence-electron chi connectivity index (χ1n) is 12.4. The fraction of sp³-hybridized carbons (Fsp3) is 0.440. The summed E-state index contributed by atoms with van der Waals surface area (Å²) in [6, 6.07) is 2.44. The van der Waals surface area contributed by atoms with E-state index < -0.39 is 72.6 Å². The van der Waals surface area contributed by atoms with Gasteiger partial charge in [0.15, 0.2) is 0 Å². The Balaban J connectivity index is 1.82. The Morgan fingerprint density at radius 3 is 2.46 bits per heavy atom. The highest BCUT2D eigenvalue weighted by Crippen LogP contribution is 2.23. The highest BCUT2D eigenvalue weighted by molar-refractivity contribution is 5.96. The van der Waals surface area contributed by atoms with Gasteiger partial charge >= 0.3 is 11.9 Å². The molecule has 210 valence electrons. The Labute approximate surface area is 223 Å². The number of carboxylic acid groups (broad SMARTS) is 2. The van der Waals surface area contributed by atoms with Gasteiger partial charge in [0.2, 0.25) is 23.6 Å². The zero-order valence-corrected chi connectivity index (χ0v) is 21.1. The second-order valence-corrected chi connectivity index (χ2v) is 9.42. The number of carbonyl (C=O) groups excluding carboxylic acids is 4. The summed E-state index contributed by atoms with van der Waals surface area (Å²) >= 11 is 0. The van der Waals surface area contributed by atoms with Gasteiger partial charge in [-0.05, 0) is 30.9 Å². The zero-order valence-electron chi connectivity index (χ0n) is 21.1. The third-order valence-corrected chi connectivity index (χ3v) is 6.57. The van der Waals surface area contributed by atoms with E-state index in [1.807, 2.05) is 24.3 Å². The average molecular weight is 545 g/mol. The second-order valence-electron chi connectivity index (χ2n) is 9.42. The number of fused-ring (bicyclic) bond motifs is 1. The molecule has 0 aliphatic carbocycles. The SMILES string of the molecule is NC(=O)CC(N)C(=O)NC(Cc1c[nH]c2ccccc12)C(=O)N1CCCC1C(=O)NC(CCC(=O)O)C(=O)O. The van der Waals surface area contributed by atoms with Gasteiger partial charge in [0.1, 0.15) is 18.1 Å². The summed E-state index contributed by atoms with van der Waals surface area (Å²) in [5.74, 6) is -5.49. The van der Waals surface area contributed by atoms with E-state index in [-0.39, 0.29) is 25.8 Å². The van der Waals surface area contributed by atoms with Gasteiger partial charge in [-0.1, -0.05) is 18.2 Å². The number of carbonyl (C=O) groups is 6. The molecule has 4 unspecified atom stereocenters. The molecule has 14 heteroatoms. The number of aromatic amines is 1. The number of aliphatic carboxylic acids is 2. The van der Waals surface area contributed by atoms with Crippen molar-refractivity contribution in [2.75, 3.05) is 6.54 Å². The van der Waals surface area contributed by atoms with E-state index in [1.54, 1.807) is 6.20 Å². The topological polar surface area (TPSA) is 238 Å². The van der Waals surface area contributed by atoms with Crippen molar-refractivity contribution < 1.29 is 39.0 Å². The fourth-order valence-corrected chi connectivity index (χ4v) is 4.61. The Bertz CT molecular complexity index is 1260. The van der Waals surface area contributed by atoms with Crippen molar-refractivity contribution in [3.63, 3.8) is 0 Å². The van der Waals surface area contributed by atoms with Crippen molar-refractivity contribution >= 4 is 46.5 Å². The first-order valence-corrected chi connectivity index (χ1v) is 12.4. The molecule has 1 fully saturated rings. The van der Waals surface area contributed by atoms with E-state index in [0.717, 1.165) is 10.9 Å². The van der Waals surface area contributed by atoms with Gasteiger partial charge in [-0.3, -0.25) is 24.0 Å². The number of H-pyrrole nitrogens is 1. The maximum absolute atomic E-state index is 13.7.